The molecule has 0 heterocycles. The highest BCUT2D eigenvalue weighted by atomic mass is 79.9. The first-order valence-corrected chi connectivity index (χ1v) is 5.01. The van der Waals surface area contributed by atoms with E-state index in [-0.39, 0.29) is 11.7 Å². The Morgan fingerprint density at radius 1 is 1.54 bits per heavy atom. The molecule has 1 aromatic carbocycles. The van der Waals surface area contributed by atoms with E-state index in [2.05, 4.69) is 15.9 Å². The minimum absolute atomic E-state index is 0.187. The van der Waals surface area contributed by atoms with E-state index in [4.69, 9.17) is 5.73 Å². The Hall–Kier alpha value is -0.410. The molecule has 13 heavy (non-hydrogen) atoms. The van der Waals surface area contributed by atoms with Crippen LogP contribution in [0.25, 0.3) is 0 Å². The van der Waals surface area contributed by atoms with Gasteiger partial charge >= 0.3 is 0 Å². The summed E-state index contributed by atoms with van der Waals surface area (Å²) in [4.78, 5) is 0. The highest BCUT2D eigenvalue weighted by molar-refractivity contribution is 9.10. The molecule has 0 aliphatic rings. The molecule has 0 aromatic heterocycles. The van der Waals surface area contributed by atoms with Crippen LogP contribution >= 0.6 is 15.9 Å². The zero-order valence-electron chi connectivity index (χ0n) is 7.77. The second-order valence-corrected chi connectivity index (χ2v) is 4.12. The van der Waals surface area contributed by atoms with E-state index < -0.39 is 0 Å². The highest BCUT2D eigenvalue weighted by Gasteiger charge is 2.09. The average molecular weight is 246 g/mol. The van der Waals surface area contributed by atoms with Crippen LogP contribution in [0.2, 0.25) is 0 Å². The maximum Gasteiger partial charge on any atom is 0.140 e. The summed E-state index contributed by atoms with van der Waals surface area (Å²) in [5.41, 5.74) is 7.27. The lowest BCUT2D eigenvalue weighted by molar-refractivity contribution is 0.609. The monoisotopic (exact) mass is 245 g/mol. The highest BCUT2D eigenvalue weighted by Crippen LogP contribution is 2.24. The first kappa shape index (κ1) is 10.7. The van der Waals surface area contributed by atoms with Crippen LogP contribution in [-0.4, -0.2) is 6.54 Å². The van der Waals surface area contributed by atoms with Crippen molar-refractivity contribution in [3.8, 4) is 0 Å². The molecule has 0 saturated heterocycles. The average Bonchev–Trinajstić information content (AvgIpc) is 2.12. The Bertz CT molecular complexity index is 289. The smallest absolute Gasteiger partial charge is 0.140 e. The van der Waals surface area contributed by atoms with E-state index in [1.54, 1.807) is 13.0 Å². The Kier molecular flexibility index (Phi) is 3.45. The number of hydrogen-bond acceptors (Lipinski definition) is 1. The number of hydrogen-bond donors (Lipinski definition) is 1. The van der Waals surface area contributed by atoms with Crippen LogP contribution < -0.4 is 5.73 Å². The third-order valence-corrected chi connectivity index (χ3v) is 2.73. The predicted molar refractivity (Wildman–Crippen MR) is 56.3 cm³/mol. The van der Waals surface area contributed by atoms with Crippen LogP contribution in [-0.2, 0) is 0 Å². The zero-order valence-corrected chi connectivity index (χ0v) is 9.36. The molecule has 0 radical (unpaired) electrons. The van der Waals surface area contributed by atoms with Crippen molar-refractivity contribution in [3.63, 3.8) is 0 Å². The van der Waals surface area contributed by atoms with E-state index in [1.165, 1.54) is 0 Å². The minimum Gasteiger partial charge on any atom is -0.330 e. The van der Waals surface area contributed by atoms with Crippen molar-refractivity contribution in [3.05, 3.63) is 33.5 Å². The van der Waals surface area contributed by atoms with E-state index >= 15 is 0 Å². The van der Waals surface area contributed by atoms with Crippen molar-refractivity contribution in [2.24, 2.45) is 5.73 Å². The molecule has 0 fully saturated rings. The van der Waals surface area contributed by atoms with Gasteiger partial charge in [-0.25, -0.2) is 4.39 Å². The molecule has 0 aliphatic carbocycles. The predicted octanol–water partition coefficient (Wildman–Crippen LogP) is 2.96. The van der Waals surface area contributed by atoms with Gasteiger partial charge in [0.05, 0.1) is 4.47 Å². The minimum atomic E-state index is -0.187. The van der Waals surface area contributed by atoms with Crippen LogP contribution in [0.4, 0.5) is 4.39 Å². The van der Waals surface area contributed by atoms with E-state index in [0.29, 0.717) is 16.6 Å². The van der Waals surface area contributed by atoms with Gasteiger partial charge in [-0.2, -0.15) is 0 Å². The van der Waals surface area contributed by atoms with Gasteiger partial charge in [0.15, 0.2) is 0 Å². The van der Waals surface area contributed by atoms with Crippen molar-refractivity contribution in [2.45, 2.75) is 19.8 Å². The third kappa shape index (κ3) is 2.29. The number of benzene rings is 1. The number of aryl methyl sites for hydroxylation is 1. The van der Waals surface area contributed by atoms with Gasteiger partial charge in [-0.1, -0.05) is 13.0 Å². The largest absolute Gasteiger partial charge is 0.330 e. The van der Waals surface area contributed by atoms with Gasteiger partial charge in [0.2, 0.25) is 0 Å². The molecule has 1 nitrogen and oxygen atoms in total. The first-order valence-electron chi connectivity index (χ1n) is 4.22. The third-order valence-electron chi connectivity index (χ3n) is 2.16. The molecule has 1 unspecified atom stereocenters. The second kappa shape index (κ2) is 4.20. The lowest BCUT2D eigenvalue weighted by Crippen LogP contribution is -2.09. The Morgan fingerprint density at radius 2 is 2.15 bits per heavy atom. The van der Waals surface area contributed by atoms with Gasteiger partial charge in [0.25, 0.3) is 0 Å². The van der Waals surface area contributed by atoms with E-state index in [0.717, 1.165) is 5.56 Å². The summed E-state index contributed by atoms with van der Waals surface area (Å²) in [5.74, 6) is 0.0866. The topological polar surface area (TPSA) is 26.0 Å². The van der Waals surface area contributed by atoms with Gasteiger partial charge in [-0.15, -0.1) is 0 Å². The summed E-state index contributed by atoms with van der Waals surface area (Å²) in [6.45, 7) is 4.36. The molecule has 1 atom stereocenters. The van der Waals surface area contributed by atoms with Gasteiger partial charge in [0.1, 0.15) is 5.82 Å². The lowest BCUT2D eigenvalue weighted by Gasteiger charge is -2.11. The van der Waals surface area contributed by atoms with Crippen LogP contribution in [0.15, 0.2) is 16.6 Å². The molecular weight excluding hydrogens is 233 g/mol. The Balaban J connectivity index is 3.13. The summed E-state index contributed by atoms with van der Waals surface area (Å²) < 4.78 is 13.7. The number of rotatable bonds is 2. The van der Waals surface area contributed by atoms with Crippen molar-refractivity contribution in [2.75, 3.05) is 6.54 Å². The Labute approximate surface area is 86.3 Å². The van der Waals surface area contributed by atoms with E-state index in [9.17, 15) is 4.39 Å². The fraction of sp³-hybridized carbons (Fsp3) is 0.400. The molecule has 3 heteroatoms. The number of halogens is 2. The van der Waals surface area contributed by atoms with Crippen LogP contribution in [0.1, 0.15) is 24.0 Å². The van der Waals surface area contributed by atoms with Gasteiger partial charge in [0, 0.05) is 0 Å². The zero-order chi connectivity index (χ0) is 10.0. The summed E-state index contributed by atoms with van der Waals surface area (Å²) in [7, 11) is 0. The normalized spacial score (nSPS) is 13.0. The first-order chi connectivity index (χ1) is 6.06. The standard InChI is InChI=1S/C10H13BrFN/c1-6-3-8(7(2)5-13)4-9(11)10(6)12/h3-4,7H,5,13H2,1-2H3. The van der Waals surface area contributed by atoms with Crippen molar-refractivity contribution >= 4 is 15.9 Å². The number of nitrogens with two attached hydrogens (primary N) is 1. The van der Waals surface area contributed by atoms with Gasteiger partial charge < -0.3 is 5.73 Å². The molecule has 72 valence electrons. The molecule has 1 rings (SSSR count). The second-order valence-electron chi connectivity index (χ2n) is 3.27. The maximum atomic E-state index is 13.2. The molecular formula is C10H13BrFN. The molecule has 0 bridgehead atoms. The van der Waals surface area contributed by atoms with Crippen molar-refractivity contribution in [1.82, 2.24) is 0 Å². The quantitative estimate of drug-likeness (QED) is 0.852. The molecule has 1 aromatic rings. The van der Waals surface area contributed by atoms with Crippen LogP contribution in [0.3, 0.4) is 0 Å². The lowest BCUT2D eigenvalue weighted by atomic mass is 9.99. The van der Waals surface area contributed by atoms with Gasteiger partial charge in [-0.05, 0) is 52.5 Å². The van der Waals surface area contributed by atoms with E-state index in [1.807, 2.05) is 13.0 Å². The summed E-state index contributed by atoms with van der Waals surface area (Å²) in [6, 6.07) is 3.64. The van der Waals surface area contributed by atoms with Crippen LogP contribution in [0.5, 0.6) is 0 Å². The summed E-state index contributed by atoms with van der Waals surface area (Å²) >= 11 is 3.18. The summed E-state index contributed by atoms with van der Waals surface area (Å²) in [6.07, 6.45) is 0. The molecule has 0 saturated carbocycles. The fourth-order valence-corrected chi connectivity index (χ4v) is 1.75. The van der Waals surface area contributed by atoms with Crippen molar-refractivity contribution in [1.29, 1.82) is 0 Å². The SMILES string of the molecule is Cc1cc(C(C)CN)cc(Br)c1F. The van der Waals surface area contributed by atoms with Crippen molar-refractivity contribution < 1.29 is 4.39 Å². The van der Waals surface area contributed by atoms with Gasteiger partial charge in [-0.3, -0.25) is 0 Å². The summed E-state index contributed by atoms with van der Waals surface area (Å²) in [5, 5.41) is 0. The molecule has 0 spiro atoms. The Morgan fingerprint density at radius 3 is 2.62 bits per heavy atom. The fourth-order valence-electron chi connectivity index (χ4n) is 1.17. The maximum absolute atomic E-state index is 13.2. The molecule has 2 N–H and O–H groups in total. The van der Waals surface area contributed by atoms with Crippen LogP contribution in [0, 0.1) is 12.7 Å². The molecule has 0 aliphatic heterocycles. The molecule has 0 amide bonds.